The molecule has 0 atom stereocenters. The van der Waals surface area contributed by atoms with Crippen molar-refractivity contribution in [2.24, 2.45) is 5.73 Å². The number of carbonyl (C=O) groups is 1. The van der Waals surface area contributed by atoms with Gasteiger partial charge in [-0.25, -0.2) is 0 Å². The lowest BCUT2D eigenvalue weighted by atomic mass is 10.1. The summed E-state index contributed by atoms with van der Waals surface area (Å²) in [5, 5.41) is 3.00. The predicted octanol–water partition coefficient (Wildman–Crippen LogP) is 4.56. The maximum absolute atomic E-state index is 12.6. The van der Waals surface area contributed by atoms with E-state index in [1.807, 2.05) is 48.5 Å². The van der Waals surface area contributed by atoms with Crippen LogP contribution in [0, 0.1) is 0 Å². The molecule has 3 rings (SSSR count). The van der Waals surface area contributed by atoms with Gasteiger partial charge in [-0.15, -0.1) is 0 Å². The number of anilines is 1. The first-order chi connectivity index (χ1) is 12.7. The van der Waals surface area contributed by atoms with Crippen LogP contribution in [0.5, 0.6) is 5.75 Å². The normalized spacial score (nSPS) is 10.4. The Morgan fingerprint density at radius 1 is 1.04 bits per heavy atom. The fourth-order valence-corrected chi connectivity index (χ4v) is 3.35. The standard InChI is InChI=1S/C21H20N2O2S/c1-25-17-10-8-16(9-11-17)21(24)23-19-13-15(14-22)7-12-20(19)26-18-5-3-2-4-6-18/h2-13H,14,22H2,1H3,(H,23,24). The van der Waals surface area contributed by atoms with Crippen molar-refractivity contribution in [3.05, 3.63) is 83.9 Å². The third kappa shape index (κ3) is 4.45. The summed E-state index contributed by atoms with van der Waals surface area (Å²) < 4.78 is 5.13. The number of carbonyl (C=O) groups excluding carboxylic acids is 1. The Balaban J connectivity index is 1.85. The Morgan fingerprint density at radius 2 is 1.77 bits per heavy atom. The van der Waals surface area contributed by atoms with Gasteiger partial charge in [-0.1, -0.05) is 36.0 Å². The summed E-state index contributed by atoms with van der Waals surface area (Å²) in [5.74, 6) is 0.545. The Morgan fingerprint density at radius 3 is 2.42 bits per heavy atom. The second-order valence-corrected chi connectivity index (χ2v) is 6.75. The second kappa shape index (κ2) is 8.56. The summed E-state index contributed by atoms with van der Waals surface area (Å²) in [6.07, 6.45) is 0. The SMILES string of the molecule is COc1ccc(C(=O)Nc2cc(CN)ccc2Sc2ccccc2)cc1. The van der Waals surface area contributed by atoms with Gasteiger partial charge in [0.2, 0.25) is 0 Å². The molecule has 0 unspecified atom stereocenters. The molecule has 0 heterocycles. The van der Waals surface area contributed by atoms with Crippen LogP contribution in [0.3, 0.4) is 0 Å². The van der Waals surface area contributed by atoms with Crippen LogP contribution in [0.2, 0.25) is 0 Å². The van der Waals surface area contributed by atoms with Crippen molar-refractivity contribution in [3.8, 4) is 5.75 Å². The predicted molar refractivity (Wildman–Crippen MR) is 106 cm³/mol. The minimum Gasteiger partial charge on any atom is -0.497 e. The highest BCUT2D eigenvalue weighted by Crippen LogP contribution is 2.34. The van der Waals surface area contributed by atoms with Gasteiger partial charge in [0.05, 0.1) is 12.8 Å². The zero-order chi connectivity index (χ0) is 18.4. The monoisotopic (exact) mass is 364 g/mol. The van der Waals surface area contributed by atoms with Crippen LogP contribution in [0.1, 0.15) is 15.9 Å². The van der Waals surface area contributed by atoms with E-state index in [2.05, 4.69) is 5.32 Å². The van der Waals surface area contributed by atoms with Gasteiger partial charge in [0.25, 0.3) is 5.91 Å². The van der Waals surface area contributed by atoms with E-state index in [1.165, 1.54) is 0 Å². The number of methoxy groups -OCH3 is 1. The molecule has 0 aliphatic heterocycles. The molecule has 5 heteroatoms. The summed E-state index contributed by atoms with van der Waals surface area (Å²) in [6.45, 7) is 0.418. The van der Waals surface area contributed by atoms with E-state index >= 15 is 0 Å². The molecule has 0 bridgehead atoms. The molecule has 132 valence electrons. The topological polar surface area (TPSA) is 64.3 Å². The Hall–Kier alpha value is -2.76. The van der Waals surface area contributed by atoms with Gasteiger partial charge in [0.15, 0.2) is 0 Å². The highest BCUT2D eigenvalue weighted by atomic mass is 32.2. The smallest absolute Gasteiger partial charge is 0.255 e. The molecule has 0 radical (unpaired) electrons. The molecule has 26 heavy (non-hydrogen) atoms. The van der Waals surface area contributed by atoms with Crippen molar-refractivity contribution in [3.63, 3.8) is 0 Å². The van der Waals surface area contributed by atoms with Gasteiger partial charge in [-0.05, 0) is 54.1 Å². The molecular formula is C21H20N2O2S. The van der Waals surface area contributed by atoms with Crippen LogP contribution in [0.4, 0.5) is 5.69 Å². The van der Waals surface area contributed by atoms with Gasteiger partial charge < -0.3 is 15.8 Å². The van der Waals surface area contributed by atoms with Crippen LogP contribution < -0.4 is 15.8 Å². The van der Waals surface area contributed by atoms with E-state index in [1.54, 1.807) is 43.1 Å². The molecule has 0 aliphatic carbocycles. The number of nitrogens with two attached hydrogens (primary N) is 1. The van der Waals surface area contributed by atoms with Crippen molar-refractivity contribution in [1.29, 1.82) is 0 Å². The first kappa shape index (κ1) is 18.0. The maximum atomic E-state index is 12.6. The van der Waals surface area contributed by atoms with Gasteiger partial charge in [0.1, 0.15) is 5.75 Å². The van der Waals surface area contributed by atoms with Crippen LogP contribution >= 0.6 is 11.8 Å². The van der Waals surface area contributed by atoms with E-state index in [0.29, 0.717) is 17.9 Å². The molecule has 1 amide bonds. The minimum absolute atomic E-state index is 0.170. The molecular weight excluding hydrogens is 344 g/mol. The van der Waals surface area contributed by atoms with Gasteiger partial charge >= 0.3 is 0 Å². The summed E-state index contributed by atoms with van der Waals surface area (Å²) >= 11 is 1.60. The number of nitrogens with one attached hydrogen (secondary N) is 1. The van der Waals surface area contributed by atoms with Gasteiger partial charge in [-0.2, -0.15) is 0 Å². The molecule has 0 spiro atoms. The van der Waals surface area contributed by atoms with Gasteiger partial charge in [-0.3, -0.25) is 4.79 Å². The average molecular weight is 364 g/mol. The lowest BCUT2D eigenvalue weighted by Crippen LogP contribution is -2.13. The number of rotatable bonds is 6. The van der Waals surface area contributed by atoms with Crippen molar-refractivity contribution >= 4 is 23.4 Å². The highest BCUT2D eigenvalue weighted by Gasteiger charge is 2.11. The van der Waals surface area contributed by atoms with E-state index in [0.717, 1.165) is 21.0 Å². The molecule has 3 aromatic carbocycles. The molecule has 0 saturated carbocycles. The zero-order valence-electron chi connectivity index (χ0n) is 14.4. The summed E-state index contributed by atoms with van der Waals surface area (Å²) in [6, 6.07) is 23.0. The van der Waals surface area contributed by atoms with E-state index < -0.39 is 0 Å². The lowest BCUT2D eigenvalue weighted by Gasteiger charge is -2.13. The van der Waals surface area contributed by atoms with E-state index in [4.69, 9.17) is 10.5 Å². The summed E-state index contributed by atoms with van der Waals surface area (Å²) in [5.41, 5.74) is 8.05. The number of amides is 1. The fraction of sp³-hybridized carbons (Fsp3) is 0.0952. The first-order valence-corrected chi connectivity index (χ1v) is 9.02. The summed E-state index contributed by atoms with van der Waals surface area (Å²) in [7, 11) is 1.60. The van der Waals surface area contributed by atoms with Gasteiger partial charge in [0, 0.05) is 21.9 Å². The number of hydrogen-bond donors (Lipinski definition) is 2. The molecule has 3 N–H and O–H groups in total. The third-order valence-electron chi connectivity index (χ3n) is 3.85. The van der Waals surface area contributed by atoms with Crippen LogP contribution in [-0.2, 0) is 6.54 Å². The van der Waals surface area contributed by atoms with Crippen LogP contribution in [0.25, 0.3) is 0 Å². The summed E-state index contributed by atoms with van der Waals surface area (Å²) in [4.78, 5) is 14.7. The molecule has 4 nitrogen and oxygen atoms in total. The van der Waals surface area contributed by atoms with Crippen LogP contribution in [-0.4, -0.2) is 13.0 Å². The van der Waals surface area contributed by atoms with E-state index in [-0.39, 0.29) is 5.91 Å². The van der Waals surface area contributed by atoms with Crippen LogP contribution in [0.15, 0.2) is 82.6 Å². The van der Waals surface area contributed by atoms with Crippen molar-refractivity contribution in [1.82, 2.24) is 0 Å². The molecule has 0 fully saturated rings. The number of benzene rings is 3. The van der Waals surface area contributed by atoms with E-state index in [9.17, 15) is 4.79 Å². The molecule has 3 aromatic rings. The molecule has 0 aliphatic rings. The molecule has 0 saturated heterocycles. The Bertz CT molecular complexity index is 880. The fourth-order valence-electron chi connectivity index (χ4n) is 2.44. The number of ether oxygens (including phenoxy) is 1. The van der Waals surface area contributed by atoms with Crippen molar-refractivity contribution < 1.29 is 9.53 Å². The largest absolute Gasteiger partial charge is 0.497 e. The quantitative estimate of drug-likeness (QED) is 0.673. The zero-order valence-corrected chi connectivity index (χ0v) is 15.3. The maximum Gasteiger partial charge on any atom is 0.255 e. The lowest BCUT2D eigenvalue weighted by molar-refractivity contribution is 0.102. The second-order valence-electron chi connectivity index (χ2n) is 5.63. The minimum atomic E-state index is -0.170. The first-order valence-electron chi connectivity index (χ1n) is 8.21. The Labute approximate surface area is 157 Å². The average Bonchev–Trinajstić information content (AvgIpc) is 2.70. The van der Waals surface area contributed by atoms with Crippen molar-refractivity contribution in [2.75, 3.05) is 12.4 Å². The highest BCUT2D eigenvalue weighted by molar-refractivity contribution is 7.99. The number of hydrogen-bond acceptors (Lipinski definition) is 4. The van der Waals surface area contributed by atoms with Crippen molar-refractivity contribution in [2.45, 2.75) is 16.3 Å². The molecule has 0 aromatic heterocycles. The third-order valence-corrected chi connectivity index (χ3v) is 4.93. The Kier molecular flexibility index (Phi) is 5.94.